The van der Waals surface area contributed by atoms with Gasteiger partial charge in [0.25, 0.3) is 0 Å². The van der Waals surface area contributed by atoms with Crippen molar-refractivity contribution in [3.05, 3.63) is 58.7 Å². The van der Waals surface area contributed by atoms with Crippen LogP contribution in [0.2, 0.25) is 0 Å². The zero-order valence-electron chi connectivity index (χ0n) is 23.8. The van der Waals surface area contributed by atoms with E-state index in [1.807, 2.05) is 70.7 Å². The fourth-order valence-electron chi connectivity index (χ4n) is 5.35. The van der Waals surface area contributed by atoms with Crippen molar-refractivity contribution >= 4 is 23.4 Å². The van der Waals surface area contributed by atoms with Crippen LogP contribution in [0, 0.1) is 17.2 Å². The summed E-state index contributed by atoms with van der Waals surface area (Å²) >= 11 is 0. The molecule has 0 aliphatic carbocycles. The number of benzene rings is 2. The zero-order valence-corrected chi connectivity index (χ0v) is 23.8. The van der Waals surface area contributed by atoms with Crippen LogP contribution in [-0.4, -0.2) is 45.9 Å². The highest BCUT2D eigenvalue weighted by atomic mass is 16.4. The topological polar surface area (TPSA) is 114 Å². The lowest BCUT2D eigenvalue weighted by atomic mass is 9.78. The first-order valence-electron chi connectivity index (χ1n) is 13.4. The normalized spacial score (nSPS) is 18.1. The molecule has 206 valence electrons. The first-order valence-corrected chi connectivity index (χ1v) is 13.4. The smallest absolute Gasteiger partial charge is 0.409 e. The van der Waals surface area contributed by atoms with Crippen molar-refractivity contribution in [2.24, 2.45) is 11.8 Å². The highest BCUT2D eigenvalue weighted by Gasteiger charge is 2.38. The number of phenolic OH excluding ortho intramolecular Hbond substituents is 1. The summed E-state index contributed by atoms with van der Waals surface area (Å²) in [7, 11) is 0. The zero-order chi connectivity index (χ0) is 28.4. The number of rotatable bonds is 8. The third-order valence-electron chi connectivity index (χ3n) is 7.42. The first-order chi connectivity index (χ1) is 17.6. The van der Waals surface area contributed by atoms with Crippen molar-refractivity contribution in [2.45, 2.75) is 78.6 Å². The third kappa shape index (κ3) is 6.74. The molecule has 2 aromatic carbocycles. The van der Waals surface area contributed by atoms with Crippen LogP contribution in [0.4, 0.5) is 10.5 Å². The van der Waals surface area contributed by atoms with E-state index < -0.39 is 6.09 Å². The number of carbonyl (C=O) groups excluding carboxylic acids is 1. The highest BCUT2D eigenvalue weighted by Crippen LogP contribution is 2.40. The Kier molecular flexibility index (Phi) is 8.59. The Morgan fingerprint density at radius 2 is 1.58 bits per heavy atom. The number of hydrogen-bond donors (Lipinski definition) is 4. The molecule has 2 unspecified atom stereocenters. The summed E-state index contributed by atoms with van der Waals surface area (Å²) < 4.78 is 0. The molecule has 1 fully saturated rings. The number of ketones is 1. The Morgan fingerprint density at radius 1 is 1.03 bits per heavy atom. The van der Waals surface area contributed by atoms with Crippen LogP contribution < -0.4 is 5.32 Å². The van der Waals surface area contributed by atoms with Gasteiger partial charge in [-0.2, -0.15) is 0 Å². The Hall–Kier alpha value is -3.35. The largest absolute Gasteiger partial charge is 0.507 e. The molecule has 3 rings (SSSR count). The van der Waals surface area contributed by atoms with Crippen molar-refractivity contribution in [2.75, 3.05) is 18.4 Å². The predicted molar refractivity (Wildman–Crippen MR) is 153 cm³/mol. The highest BCUT2D eigenvalue weighted by molar-refractivity contribution is 6.01. The van der Waals surface area contributed by atoms with E-state index in [-0.39, 0.29) is 40.7 Å². The molecule has 4 N–H and O–H groups in total. The molecule has 0 radical (unpaired) electrons. The van der Waals surface area contributed by atoms with E-state index in [4.69, 9.17) is 10.5 Å². The van der Waals surface area contributed by atoms with Gasteiger partial charge in [0.2, 0.25) is 0 Å². The molecule has 1 aliphatic heterocycles. The van der Waals surface area contributed by atoms with E-state index in [2.05, 4.69) is 12.2 Å². The summed E-state index contributed by atoms with van der Waals surface area (Å²) in [5.74, 6) is 0.951. The number of aromatic hydroxyl groups is 1. The fourth-order valence-corrected chi connectivity index (χ4v) is 5.35. The third-order valence-corrected chi connectivity index (χ3v) is 7.42. The van der Waals surface area contributed by atoms with Crippen molar-refractivity contribution in [1.29, 1.82) is 5.41 Å². The van der Waals surface area contributed by atoms with Gasteiger partial charge in [-0.05, 0) is 59.4 Å². The van der Waals surface area contributed by atoms with Gasteiger partial charge in [0.1, 0.15) is 11.6 Å². The fraction of sp³-hybridized carbons (Fsp3) is 0.516. The molecule has 38 heavy (non-hydrogen) atoms. The van der Waals surface area contributed by atoms with Crippen molar-refractivity contribution in [3.8, 4) is 5.75 Å². The number of likely N-dealkylation sites (tertiary alicyclic amines) is 1. The molecule has 2 atom stereocenters. The number of phenols is 1. The number of nitrogens with one attached hydrogen (secondary N) is 2. The van der Waals surface area contributed by atoms with E-state index in [0.717, 1.165) is 29.5 Å². The van der Waals surface area contributed by atoms with Gasteiger partial charge in [0.05, 0.1) is 6.54 Å². The van der Waals surface area contributed by atoms with Gasteiger partial charge >= 0.3 is 6.09 Å². The molecule has 7 nitrogen and oxygen atoms in total. The quantitative estimate of drug-likeness (QED) is 0.284. The van der Waals surface area contributed by atoms with Gasteiger partial charge < -0.3 is 15.1 Å². The summed E-state index contributed by atoms with van der Waals surface area (Å²) in [6.45, 7) is 15.1. The minimum absolute atomic E-state index is 0.00359. The molecule has 1 heterocycles. The van der Waals surface area contributed by atoms with E-state index in [0.29, 0.717) is 30.1 Å². The number of carbonyl (C=O) groups is 2. The molecule has 0 saturated carbocycles. The van der Waals surface area contributed by atoms with E-state index in [9.17, 15) is 14.7 Å². The van der Waals surface area contributed by atoms with Gasteiger partial charge in [-0.3, -0.25) is 15.5 Å². The van der Waals surface area contributed by atoms with Crippen molar-refractivity contribution in [1.82, 2.24) is 4.90 Å². The molecule has 1 aliphatic rings. The average molecular weight is 522 g/mol. The number of anilines is 1. The average Bonchev–Trinajstić information content (AvgIpc) is 3.07. The maximum absolute atomic E-state index is 13.6. The molecule has 0 aromatic heterocycles. The van der Waals surface area contributed by atoms with Crippen molar-refractivity contribution in [3.63, 3.8) is 0 Å². The van der Waals surface area contributed by atoms with Crippen molar-refractivity contribution < 1.29 is 19.8 Å². The number of nitrogens with zero attached hydrogens (tertiary/aromatic N) is 1. The van der Waals surface area contributed by atoms with Gasteiger partial charge in [-0.25, -0.2) is 4.79 Å². The van der Waals surface area contributed by atoms with Gasteiger partial charge in [0.15, 0.2) is 5.78 Å². The van der Waals surface area contributed by atoms with Crippen LogP contribution in [0.1, 0.15) is 88.4 Å². The molecule has 1 amide bonds. The van der Waals surface area contributed by atoms with Crippen LogP contribution >= 0.6 is 0 Å². The Balaban J connectivity index is 1.83. The number of Topliss-reactive ketones (excluding diaryl/α,β-unsaturated/α-hetero) is 1. The second-order valence-corrected chi connectivity index (χ2v) is 12.6. The molecular formula is C31H43N3O4. The Labute approximate surface area is 226 Å². The van der Waals surface area contributed by atoms with Crippen LogP contribution in [0.15, 0.2) is 36.4 Å². The molecule has 0 spiro atoms. The van der Waals surface area contributed by atoms with Crippen LogP contribution in [0.3, 0.4) is 0 Å². The lowest BCUT2D eigenvalue weighted by Gasteiger charge is -2.28. The second kappa shape index (κ2) is 11.2. The molecule has 0 bridgehead atoms. The summed E-state index contributed by atoms with van der Waals surface area (Å²) in [4.78, 5) is 26.4. The second-order valence-electron chi connectivity index (χ2n) is 12.6. The summed E-state index contributed by atoms with van der Waals surface area (Å²) in [6, 6.07) is 10.9. The SMILES string of the molecule is CCCC1CN(CC(=O)c2cc(C(C)(C)C)c(O)c(C(C)(C)C)c2)C(=N)C1Cc1ccc(NC(=O)O)cc1. The summed E-state index contributed by atoms with van der Waals surface area (Å²) in [6.07, 6.45) is 1.54. The molecule has 1 saturated heterocycles. The van der Waals surface area contributed by atoms with Gasteiger partial charge in [0, 0.05) is 34.8 Å². The molecule has 2 aromatic rings. The van der Waals surface area contributed by atoms with Gasteiger partial charge in [-0.1, -0.05) is 67.0 Å². The minimum atomic E-state index is -1.10. The maximum Gasteiger partial charge on any atom is 0.409 e. The standard InChI is InChI=1S/C31H43N3O4/c1-8-9-20-17-34(28(32)23(20)14-19-10-12-22(13-11-19)33-29(37)38)18-26(35)21-15-24(30(2,3)4)27(36)25(16-21)31(5,6)7/h10-13,15-16,20,23,32-33,36H,8-9,14,17-18H2,1-7H3,(H,37,38). The minimum Gasteiger partial charge on any atom is -0.507 e. The maximum atomic E-state index is 13.6. The van der Waals surface area contributed by atoms with E-state index >= 15 is 0 Å². The monoisotopic (exact) mass is 521 g/mol. The molecular weight excluding hydrogens is 478 g/mol. The van der Waals surface area contributed by atoms with E-state index in [1.165, 1.54) is 0 Å². The lowest BCUT2D eigenvalue weighted by Crippen LogP contribution is -2.33. The lowest BCUT2D eigenvalue weighted by molar-refractivity contribution is 0.0963. The molecule has 7 heteroatoms. The van der Waals surface area contributed by atoms with Crippen LogP contribution in [0.5, 0.6) is 5.75 Å². The number of amidine groups is 1. The van der Waals surface area contributed by atoms with E-state index in [1.54, 1.807) is 12.1 Å². The Bertz CT molecular complexity index is 1150. The number of amides is 1. The summed E-state index contributed by atoms with van der Waals surface area (Å²) in [5.41, 5.74) is 2.98. The van der Waals surface area contributed by atoms with Gasteiger partial charge in [-0.15, -0.1) is 0 Å². The van der Waals surface area contributed by atoms with Crippen LogP contribution in [-0.2, 0) is 17.3 Å². The first kappa shape index (κ1) is 29.2. The number of carboxylic acid groups (broad SMARTS) is 1. The number of hydrogen-bond acceptors (Lipinski definition) is 4. The van der Waals surface area contributed by atoms with Crippen LogP contribution in [0.25, 0.3) is 0 Å². The Morgan fingerprint density at radius 3 is 2.05 bits per heavy atom. The summed E-state index contributed by atoms with van der Waals surface area (Å²) in [5, 5.41) is 31.3. The predicted octanol–water partition coefficient (Wildman–Crippen LogP) is 6.83.